The first-order valence-corrected chi connectivity index (χ1v) is 4.22. The standard InChI is InChI=1S/C6H9NO2S/c1-5-6(2-3-8)10(9)4-7-5/h4,8H,2-3H2,1H3. The van der Waals surface area contributed by atoms with Crippen molar-refractivity contribution in [2.45, 2.75) is 13.3 Å². The predicted molar refractivity (Wildman–Crippen MR) is 41.0 cm³/mol. The van der Waals surface area contributed by atoms with Crippen molar-refractivity contribution >= 4 is 16.3 Å². The van der Waals surface area contributed by atoms with Gasteiger partial charge in [-0.2, -0.15) is 0 Å². The van der Waals surface area contributed by atoms with Crippen molar-refractivity contribution < 1.29 is 9.32 Å². The lowest BCUT2D eigenvalue weighted by molar-refractivity contribution is 0.301. The van der Waals surface area contributed by atoms with Gasteiger partial charge in [0.25, 0.3) is 0 Å². The Morgan fingerprint density at radius 1 is 1.80 bits per heavy atom. The van der Waals surface area contributed by atoms with Crippen molar-refractivity contribution in [1.29, 1.82) is 0 Å². The van der Waals surface area contributed by atoms with Gasteiger partial charge in [0.15, 0.2) is 0 Å². The molecule has 0 radical (unpaired) electrons. The van der Waals surface area contributed by atoms with Crippen LogP contribution in [0.2, 0.25) is 0 Å². The molecule has 1 aliphatic heterocycles. The fourth-order valence-electron chi connectivity index (χ4n) is 0.791. The van der Waals surface area contributed by atoms with Crippen molar-refractivity contribution in [3.63, 3.8) is 0 Å². The van der Waals surface area contributed by atoms with Crippen LogP contribution in [0.3, 0.4) is 0 Å². The molecule has 1 aliphatic rings. The molecule has 0 aromatic heterocycles. The van der Waals surface area contributed by atoms with Gasteiger partial charge in [-0.3, -0.25) is 4.99 Å². The average molecular weight is 159 g/mol. The normalized spacial score (nSPS) is 24.4. The molecule has 4 heteroatoms. The second-order valence-corrected chi connectivity index (χ2v) is 3.31. The fraction of sp³-hybridized carbons (Fsp3) is 0.500. The van der Waals surface area contributed by atoms with Crippen LogP contribution in [0.25, 0.3) is 0 Å². The Labute approximate surface area is 61.9 Å². The molecule has 1 N–H and O–H groups in total. The maximum atomic E-state index is 11.0. The third-order valence-corrected chi connectivity index (χ3v) is 2.61. The molecule has 10 heavy (non-hydrogen) atoms. The molecule has 0 aromatic rings. The van der Waals surface area contributed by atoms with Gasteiger partial charge in [-0.1, -0.05) is 0 Å². The van der Waals surface area contributed by atoms with Crippen molar-refractivity contribution in [1.82, 2.24) is 0 Å². The highest BCUT2D eigenvalue weighted by molar-refractivity contribution is 8.02. The molecule has 0 amide bonds. The van der Waals surface area contributed by atoms with Gasteiger partial charge in [-0.05, 0) is 6.92 Å². The number of aliphatic hydroxyl groups is 1. The first-order valence-electron chi connectivity index (χ1n) is 3.01. The minimum absolute atomic E-state index is 0.0434. The van der Waals surface area contributed by atoms with E-state index in [1.807, 2.05) is 0 Å². The Morgan fingerprint density at radius 3 is 2.90 bits per heavy atom. The van der Waals surface area contributed by atoms with Gasteiger partial charge in [-0.25, -0.2) is 4.21 Å². The molecule has 0 saturated carbocycles. The molecule has 56 valence electrons. The number of hydrogen-bond donors (Lipinski definition) is 1. The van der Waals surface area contributed by atoms with Gasteiger partial charge < -0.3 is 5.11 Å². The molecule has 1 unspecified atom stereocenters. The zero-order valence-corrected chi connectivity index (χ0v) is 6.52. The first-order chi connectivity index (χ1) is 4.75. The smallest absolute Gasteiger partial charge is 0.0958 e. The summed E-state index contributed by atoms with van der Waals surface area (Å²) in [6, 6.07) is 0. The summed E-state index contributed by atoms with van der Waals surface area (Å²) in [6.07, 6.45) is 0.471. The van der Waals surface area contributed by atoms with Crippen LogP contribution in [-0.2, 0) is 10.8 Å². The molecule has 0 fully saturated rings. The van der Waals surface area contributed by atoms with Gasteiger partial charge in [0, 0.05) is 17.9 Å². The third kappa shape index (κ3) is 1.33. The molecule has 1 rings (SSSR count). The van der Waals surface area contributed by atoms with E-state index in [1.165, 1.54) is 5.55 Å². The SMILES string of the molecule is CC1=C(CCO)S(=O)C=N1. The van der Waals surface area contributed by atoms with Crippen molar-refractivity contribution in [2.75, 3.05) is 6.61 Å². The Bertz CT molecular complexity index is 220. The minimum atomic E-state index is -1.06. The molecule has 0 spiro atoms. The lowest BCUT2D eigenvalue weighted by atomic mass is 10.3. The summed E-state index contributed by atoms with van der Waals surface area (Å²) in [7, 11) is -1.06. The molecule has 0 aliphatic carbocycles. The average Bonchev–Trinajstić information content (AvgIpc) is 2.20. The Hall–Kier alpha value is -0.480. The molecule has 0 bridgehead atoms. The zero-order valence-electron chi connectivity index (χ0n) is 5.70. The summed E-state index contributed by atoms with van der Waals surface area (Å²) in [5.41, 5.74) is 2.19. The van der Waals surface area contributed by atoms with E-state index in [0.717, 1.165) is 10.6 Å². The number of aliphatic hydroxyl groups excluding tert-OH is 1. The van der Waals surface area contributed by atoms with Crippen molar-refractivity contribution in [2.24, 2.45) is 4.99 Å². The van der Waals surface area contributed by atoms with E-state index in [2.05, 4.69) is 4.99 Å². The number of hydrogen-bond acceptors (Lipinski definition) is 3. The third-order valence-electron chi connectivity index (χ3n) is 1.33. The van der Waals surface area contributed by atoms with Crippen molar-refractivity contribution in [3.8, 4) is 0 Å². The summed E-state index contributed by atoms with van der Waals surface area (Å²) < 4.78 is 11.0. The van der Waals surface area contributed by atoms with Crippen LogP contribution in [-0.4, -0.2) is 21.5 Å². The van der Waals surface area contributed by atoms with E-state index < -0.39 is 10.8 Å². The fourth-order valence-corrected chi connectivity index (χ4v) is 1.81. The lowest BCUT2D eigenvalue weighted by Crippen LogP contribution is -1.94. The van der Waals surface area contributed by atoms with Gasteiger partial charge in [0.05, 0.1) is 22.0 Å². The Balaban J connectivity index is 2.75. The van der Waals surface area contributed by atoms with E-state index >= 15 is 0 Å². The van der Waals surface area contributed by atoms with Crippen LogP contribution in [0.1, 0.15) is 13.3 Å². The monoisotopic (exact) mass is 159 g/mol. The Morgan fingerprint density at radius 2 is 2.50 bits per heavy atom. The maximum absolute atomic E-state index is 11.0. The van der Waals surface area contributed by atoms with E-state index in [1.54, 1.807) is 6.92 Å². The van der Waals surface area contributed by atoms with E-state index in [9.17, 15) is 4.21 Å². The molecule has 1 atom stereocenters. The number of allylic oxidation sites excluding steroid dienone is 1. The van der Waals surface area contributed by atoms with Crippen LogP contribution < -0.4 is 0 Å². The molecule has 0 aromatic carbocycles. The highest BCUT2D eigenvalue weighted by atomic mass is 32.2. The highest BCUT2D eigenvalue weighted by Gasteiger charge is 2.13. The molecule has 0 saturated heterocycles. The van der Waals surface area contributed by atoms with Gasteiger partial charge in [0.2, 0.25) is 0 Å². The van der Waals surface area contributed by atoms with Crippen LogP contribution in [0.15, 0.2) is 15.6 Å². The number of aliphatic imine (C=N–C) groups is 1. The van der Waals surface area contributed by atoms with E-state index in [4.69, 9.17) is 5.11 Å². The van der Waals surface area contributed by atoms with Crippen LogP contribution >= 0.6 is 0 Å². The minimum Gasteiger partial charge on any atom is -0.396 e. The van der Waals surface area contributed by atoms with Crippen LogP contribution in [0.4, 0.5) is 0 Å². The summed E-state index contributed by atoms with van der Waals surface area (Å²) in [5.74, 6) is 0. The summed E-state index contributed by atoms with van der Waals surface area (Å²) in [4.78, 5) is 4.61. The molecule has 1 heterocycles. The quantitative estimate of drug-likeness (QED) is 0.633. The molecule has 3 nitrogen and oxygen atoms in total. The summed E-state index contributed by atoms with van der Waals surface area (Å²) >= 11 is 0. The van der Waals surface area contributed by atoms with Gasteiger partial charge in [0.1, 0.15) is 0 Å². The van der Waals surface area contributed by atoms with Crippen LogP contribution in [0, 0.1) is 0 Å². The largest absolute Gasteiger partial charge is 0.396 e. The van der Waals surface area contributed by atoms with Gasteiger partial charge in [-0.15, -0.1) is 0 Å². The van der Waals surface area contributed by atoms with E-state index in [-0.39, 0.29) is 6.61 Å². The van der Waals surface area contributed by atoms with Crippen molar-refractivity contribution in [3.05, 3.63) is 10.6 Å². The predicted octanol–water partition coefficient (Wildman–Crippen LogP) is 0.391. The topological polar surface area (TPSA) is 49.7 Å². The first kappa shape index (κ1) is 7.63. The Kier molecular flexibility index (Phi) is 2.34. The maximum Gasteiger partial charge on any atom is 0.0958 e. The number of rotatable bonds is 2. The van der Waals surface area contributed by atoms with E-state index in [0.29, 0.717) is 6.42 Å². The summed E-state index contributed by atoms with van der Waals surface area (Å²) in [5, 5.41) is 8.54. The van der Waals surface area contributed by atoms with Gasteiger partial charge >= 0.3 is 0 Å². The second kappa shape index (κ2) is 3.07. The molecular weight excluding hydrogens is 150 g/mol. The highest BCUT2D eigenvalue weighted by Crippen LogP contribution is 2.18. The number of nitrogens with zero attached hydrogens (tertiary/aromatic N) is 1. The second-order valence-electron chi connectivity index (χ2n) is 2.01. The zero-order chi connectivity index (χ0) is 7.56. The summed E-state index contributed by atoms with van der Waals surface area (Å²) in [6.45, 7) is 1.84. The lowest BCUT2D eigenvalue weighted by Gasteiger charge is -1.95. The van der Waals surface area contributed by atoms with Crippen LogP contribution in [0.5, 0.6) is 0 Å². The molecular formula is C6H9NO2S.